The molecule has 2 rings (SSSR count). The van der Waals surface area contributed by atoms with Crippen LogP contribution in [0.4, 0.5) is 0 Å². The molecular weight excluding hydrogens is 244 g/mol. The zero-order valence-corrected chi connectivity index (χ0v) is 10.7. The number of primary amides is 1. The van der Waals surface area contributed by atoms with Gasteiger partial charge in [-0.3, -0.25) is 14.5 Å². The molecule has 1 fully saturated rings. The third-order valence-electron chi connectivity index (χ3n) is 3.82. The largest absolute Gasteiger partial charge is 0.481 e. The molecule has 0 spiro atoms. The Morgan fingerprint density at radius 3 is 2.26 bits per heavy atom. The van der Waals surface area contributed by atoms with E-state index in [0.29, 0.717) is 25.9 Å². The predicted molar refractivity (Wildman–Crippen MR) is 70.6 cm³/mol. The molecule has 0 saturated carbocycles. The van der Waals surface area contributed by atoms with Crippen molar-refractivity contribution in [1.29, 1.82) is 0 Å². The van der Waals surface area contributed by atoms with Gasteiger partial charge in [-0.2, -0.15) is 0 Å². The summed E-state index contributed by atoms with van der Waals surface area (Å²) in [6, 6.07) is 9.31. The fraction of sp³-hybridized carbons (Fsp3) is 0.429. The van der Waals surface area contributed by atoms with Crippen LogP contribution in [0.3, 0.4) is 0 Å². The second-order valence-corrected chi connectivity index (χ2v) is 5.00. The summed E-state index contributed by atoms with van der Waals surface area (Å²) >= 11 is 0. The van der Waals surface area contributed by atoms with Gasteiger partial charge in [-0.25, -0.2) is 0 Å². The number of aliphatic carboxylic acids is 1. The van der Waals surface area contributed by atoms with Crippen LogP contribution in [-0.2, 0) is 15.0 Å². The van der Waals surface area contributed by atoms with Crippen LogP contribution in [-0.4, -0.2) is 41.5 Å². The summed E-state index contributed by atoms with van der Waals surface area (Å²) in [5.41, 5.74) is 5.16. The van der Waals surface area contributed by atoms with E-state index < -0.39 is 11.4 Å². The van der Waals surface area contributed by atoms with Gasteiger partial charge in [0.15, 0.2) is 0 Å². The van der Waals surface area contributed by atoms with Crippen LogP contribution in [0.15, 0.2) is 30.3 Å². The van der Waals surface area contributed by atoms with Crippen molar-refractivity contribution in [3.05, 3.63) is 35.9 Å². The summed E-state index contributed by atoms with van der Waals surface area (Å²) in [4.78, 5) is 24.5. The number of rotatable bonds is 4. The lowest BCUT2D eigenvalue weighted by molar-refractivity contribution is -0.146. The molecule has 0 aromatic heterocycles. The number of hydrogen-bond acceptors (Lipinski definition) is 3. The Kier molecular flexibility index (Phi) is 3.85. The van der Waals surface area contributed by atoms with E-state index in [2.05, 4.69) is 0 Å². The fourth-order valence-electron chi connectivity index (χ4n) is 2.70. The van der Waals surface area contributed by atoms with Crippen molar-refractivity contribution in [2.75, 3.05) is 19.6 Å². The van der Waals surface area contributed by atoms with E-state index in [4.69, 9.17) is 5.73 Å². The standard InChI is InChI=1S/C14H18N2O3/c15-12(17)10-16-8-6-14(7-9-16,13(18)19)11-4-2-1-3-5-11/h1-5H,6-10H2,(H2,15,17)(H,18,19). The Hall–Kier alpha value is -1.88. The van der Waals surface area contributed by atoms with Gasteiger partial charge in [-0.05, 0) is 18.4 Å². The minimum Gasteiger partial charge on any atom is -0.481 e. The van der Waals surface area contributed by atoms with E-state index in [9.17, 15) is 14.7 Å². The third-order valence-corrected chi connectivity index (χ3v) is 3.82. The minimum absolute atomic E-state index is 0.199. The number of likely N-dealkylation sites (tertiary alicyclic amines) is 1. The number of carboxylic acid groups (broad SMARTS) is 1. The Balaban J connectivity index is 2.17. The lowest BCUT2D eigenvalue weighted by Gasteiger charge is -2.38. The molecule has 1 aliphatic heterocycles. The first-order chi connectivity index (χ1) is 9.04. The first kappa shape index (κ1) is 13.5. The smallest absolute Gasteiger partial charge is 0.314 e. The van der Waals surface area contributed by atoms with Gasteiger partial charge in [-0.1, -0.05) is 30.3 Å². The van der Waals surface area contributed by atoms with Crippen molar-refractivity contribution in [3.63, 3.8) is 0 Å². The molecule has 5 nitrogen and oxygen atoms in total. The number of carboxylic acids is 1. The summed E-state index contributed by atoms with van der Waals surface area (Å²) in [5, 5.41) is 9.60. The second-order valence-electron chi connectivity index (χ2n) is 5.00. The predicted octanol–water partition coefficient (Wildman–Crippen LogP) is 0.590. The van der Waals surface area contributed by atoms with Crippen molar-refractivity contribution < 1.29 is 14.7 Å². The number of hydrogen-bond donors (Lipinski definition) is 2. The van der Waals surface area contributed by atoms with Crippen LogP contribution in [0, 0.1) is 0 Å². The van der Waals surface area contributed by atoms with Crippen molar-refractivity contribution in [3.8, 4) is 0 Å². The van der Waals surface area contributed by atoms with Crippen LogP contribution in [0.25, 0.3) is 0 Å². The Morgan fingerprint density at radius 1 is 1.21 bits per heavy atom. The highest BCUT2D eigenvalue weighted by Gasteiger charge is 2.42. The number of amides is 1. The van der Waals surface area contributed by atoms with Gasteiger partial charge >= 0.3 is 5.97 Å². The number of nitrogens with two attached hydrogens (primary N) is 1. The SMILES string of the molecule is NC(=O)CN1CCC(C(=O)O)(c2ccccc2)CC1. The van der Waals surface area contributed by atoms with E-state index in [1.807, 2.05) is 35.2 Å². The van der Waals surface area contributed by atoms with Crippen LogP contribution in [0.5, 0.6) is 0 Å². The Bertz CT molecular complexity index is 465. The maximum Gasteiger partial charge on any atom is 0.314 e. The van der Waals surface area contributed by atoms with Gasteiger partial charge < -0.3 is 10.8 Å². The highest BCUT2D eigenvalue weighted by molar-refractivity contribution is 5.81. The fourth-order valence-corrected chi connectivity index (χ4v) is 2.70. The van der Waals surface area contributed by atoms with Crippen LogP contribution in [0.1, 0.15) is 18.4 Å². The third kappa shape index (κ3) is 2.76. The number of carbonyl (C=O) groups is 2. The molecule has 0 unspecified atom stereocenters. The first-order valence-corrected chi connectivity index (χ1v) is 6.34. The zero-order chi connectivity index (χ0) is 13.9. The average molecular weight is 262 g/mol. The van der Waals surface area contributed by atoms with Gasteiger partial charge in [0.1, 0.15) is 0 Å². The van der Waals surface area contributed by atoms with E-state index in [0.717, 1.165) is 5.56 Å². The van der Waals surface area contributed by atoms with Gasteiger partial charge in [0, 0.05) is 13.1 Å². The maximum atomic E-state index is 11.7. The van der Waals surface area contributed by atoms with Gasteiger partial charge in [0.05, 0.1) is 12.0 Å². The molecule has 0 aliphatic carbocycles. The molecular formula is C14H18N2O3. The summed E-state index contributed by atoms with van der Waals surface area (Å²) in [5.74, 6) is -1.17. The molecule has 1 amide bonds. The van der Waals surface area contributed by atoms with Crippen molar-refractivity contribution in [2.24, 2.45) is 5.73 Å². The minimum atomic E-state index is -0.838. The number of nitrogens with zero attached hydrogens (tertiary/aromatic N) is 1. The normalized spacial score (nSPS) is 18.9. The molecule has 102 valence electrons. The summed E-state index contributed by atoms with van der Waals surface area (Å²) in [6.07, 6.45) is 0.999. The van der Waals surface area contributed by atoms with Crippen molar-refractivity contribution in [2.45, 2.75) is 18.3 Å². The molecule has 3 N–H and O–H groups in total. The van der Waals surface area contributed by atoms with E-state index in [1.54, 1.807) is 0 Å². The van der Waals surface area contributed by atoms with Crippen molar-refractivity contribution >= 4 is 11.9 Å². The summed E-state index contributed by atoms with van der Waals surface area (Å²) in [6.45, 7) is 1.35. The highest BCUT2D eigenvalue weighted by atomic mass is 16.4. The lowest BCUT2D eigenvalue weighted by Crippen LogP contribution is -2.49. The van der Waals surface area contributed by atoms with Crippen LogP contribution < -0.4 is 5.73 Å². The molecule has 0 atom stereocenters. The van der Waals surface area contributed by atoms with E-state index >= 15 is 0 Å². The molecule has 1 aromatic rings. The monoisotopic (exact) mass is 262 g/mol. The quantitative estimate of drug-likeness (QED) is 0.832. The van der Waals surface area contributed by atoms with E-state index in [1.165, 1.54) is 0 Å². The molecule has 1 saturated heterocycles. The second kappa shape index (κ2) is 5.40. The van der Waals surface area contributed by atoms with Gasteiger partial charge in [0.2, 0.25) is 5.91 Å². The molecule has 1 heterocycles. The molecule has 0 radical (unpaired) electrons. The average Bonchev–Trinajstić information content (AvgIpc) is 2.40. The number of piperidine rings is 1. The summed E-state index contributed by atoms with van der Waals surface area (Å²) in [7, 11) is 0. The molecule has 1 aromatic carbocycles. The molecule has 5 heteroatoms. The summed E-state index contributed by atoms with van der Waals surface area (Å²) < 4.78 is 0. The highest BCUT2D eigenvalue weighted by Crippen LogP contribution is 2.35. The lowest BCUT2D eigenvalue weighted by atomic mass is 9.73. The number of benzene rings is 1. The molecule has 0 bridgehead atoms. The topological polar surface area (TPSA) is 83.6 Å². The molecule has 1 aliphatic rings. The van der Waals surface area contributed by atoms with Gasteiger partial charge in [0.25, 0.3) is 0 Å². The maximum absolute atomic E-state index is 11.7. The van der Waals surface area contributed by atoms with E-state index in [-0.39, 0.29) is 12.5 Å². The van der Waals surface area contributed by atoms with Gasteiger partial charge in [-0.15, -0.1) is 0 Å². The van der Waals surface area contributed by atoms with Crippen LogP contribution in [0.2, 0.25) is 0 Å². The Morgan fingerprint density at radius 2 is 1.79 bits per heavy atom. The number of carbonyl (C=O) groups excluding carboxylic acids is 1. The first-order valence-electron chi connectivity index (χ1n) is 6.34. The van der Waals surface area contributed by atoms with Crippen molar-refractivity contribution in [1.82, 2.24) is 4.90 Å². The van der Waals surface area contributed by atoms with Crippen LogP contribution >= 0.6 is 0 Å². The molecule has 19 heavy (non-hydrogen) atoms. The zero-order valence-electron chi connectivity index (χ0n) is 10.7. The Labute approximate surface area is 112 Å².